The van der Waals surface area contributed by atoms with E-state index in [9.17, 15) is 9.59 Å². The molecule has 0 aromatic heterocycles. The molecule has 21 heavy (non-hydrogen) atoms. The molecule has 1 aliphatic carbocycles. The number of hydrogen-bond donors (Lipinski definition) is 1. The normalized spacial score (nSPS) is 20.2. The number of carbonyl (C=O) groups is 2. The average Bonchev–Trinajstić information content (AvgIpc) is 3.00. The smallest absolute Gasteiger partial charge is 0.242 e. The quantitative estimate of drug-likeness (QED) is 0.929. The number of carbonyl (C=O) groups excluding carboxylic acids is 2. The highest BCUT2D eigenvalue weighted by Gasteiger charge is 2.30. The molecule has 1 fully saturated rings. The molecule has 1 aliphatic heterocycles. The van der Waals surface area contributed by atoms with Gasteiger partial charge in [0, 0.05) is 30.3 Å². The van der Waals surface area contributed by atoms with E-state index < -0.39 is 0 Å². The maximum absolute atomic E-state index is 12.5. The summed E-state index contributed by atoms with van der Waals surface area (Å²) in [5, 5.41) is 3.15. The molecular formula is C17H22N2O2. The van der Waals surface area contributed by atoms with Gasteiger partial charge in [0.25, 0.3) is 0 Å². The minimum Gasteiger partial charge on any atom is -0.359 e. The van der Waals surface area contributed by atoms with Gasteiger partial charge >= 0.3 is 0 Å². The fourth-order valence-corrected chi connectivity index (χ4v) is 3.37. The zero-order valence-electron chi connectivity index (χ0n) is 12.5. The van der Waals surface area contributed by atoms with Gasteiger partial charge in [0.05, 0.1) is 0 Å². The maximum Gasteiger partial charge on any atom is 0.242 e. The number of fused-ring (bicyclic) bond motifs is 1. The van der Waals surface area contributed by atoms with E-state index in [1.54, 1.807) is 0 Å². The summed E-state index contributed by atoms with van der Waals surface area (Å²) in [6, 6.07) is 7.69. The van der Waals surface area contributed by atoms with Crippen LogP contribution in [0.25, 0.3) is 0 Å². The predicted molar refractivity (Wildman–Crippen MR) is 82.6 cm³/mol. The number of Topliss-reactive ketones (excluding diaryl/α,β-unsaturated/α-hetero) is 1. The van der Waals surface area contributed by atoms with Gasteiger partial charge in [-0.25, -0.2) is 0 Å². The number of ketones is 1. The molecule has 1 saturated carbocycles. The molecule has 112 valence electrons. The number of anilines is 1. The number of amides is 1. The first-order chi connectivity index (χ1) is 10.2. The second-order valence-corrected chi connectivity index (χ2v) is 6.05. The summed E-state index contributed by atoms with van der Waals surface area (Å²) in [6.07, 6.45) is 5.08. The van der Waals surface area contributed by atoms with Crippen molar-refractivity contribution in [2.75, 3.05) is 11.4 Å². The summed E-state index contributed by atoms with van der Waals surface area (Å²) in [4.78, 5) is 26.5. The van der Waals surface area contributed by atoms with Crippen molar-refractivity contribution < 1.29 is 9.59 Å². The Morgan fingerprint density at radius 1 is 1.29 bits per heavy atom. The first kappa shape index (κ1) is 14.1. The minimum absolute atomic E-state index is 0.0750. The Labute approximate surface area is 125 Å². The predicted octanol–water partition coefficient (Wildman–Crippen LogP) is 2.53. The molecule has 1 N–H and O–H groups in total. The Morgan fingerprint density at radius 2 is 2.00 bits per heavy atom. The van der Waals surface area contributed by atoms with Gasteiger partial charge in [0.2, 0.25) is 5.91 Å². The largest absolute Gasteiger partial charge is 0.359 e. The second-order valence-electron chi connectivity index (χ2n) is 6.05. The van der Waals surface area contributed by atoms with Crippen molar-refractivity contribution in [3.63, 3.8) is 0 Å². The standard InChI is InChI=1S/C17H22N2O2/c1-12(17(21)18-13-6-2-3-7-13)19-11-10-16(20)14-8-4-5-9-15(14)19/h4-5,8-9,12-13H,2-3,6-7,10-11H2,1H3,(H,18,21). The van der Waals surface area contributed by atoms with Gasteiger partial charge in [0.1, 0.15) is 6.04 Å². The fraction of sp³-hybridized carbons (Fsp3) is 0.529. The molecule has 1 atom stereocenters. The highest BCUT2D eigenvalue weighted by molar-refractivity contribution is 6.04. The topological polar surface area (TPSA) is 49.4 Å². The van der Waals surface area contributed by atoms with Gasteiger partial charge in [0.15, 0.2) is 5.78 Å². The van der Waals surface area contributed by atoms with Crippen LogP contribution in [0.2, 0.25) is 0 Å². The van der Waals surface area contributed by atoms with E-state index in [1.165, 1.54) is 12.8 Å². The van der Waals surface area contributed by atoms with Crippen molar-refractivity contribution in [2.45, 2.75) is 51.1 Å². The molecule has 1 heterocycles. The van der Waals surface area contributed by atoms with Crippen LogP contribution in [0.4, 0.5) is 5.69 Å². The van der Waals surface area contributed by atoms with Gasteiger partial charge in [-0.1, -0.05) is 25.0 Å². The minimum atomic E-state index is -0.236. The average molecular weight is 286 g/mol. The molecule has 0 radical (unpaired) electrons. The SMILES string of the molecule is CC(C(=O)NC1CCCC1)N1CCC(=O)c2ccccc21. The van der Waals surface area contributed by atoms with Gasteiger partial charge in [-0.3, -0.25) is 9.59 Å². The molecule has 0 saturated heterocycles. The van der Waals surface area contributed by atoms with Crippen molar-refractivity contribution in [1.29, 1.82) is 0 Å². The lowest BCUT2D eigenvalue weighted by molar-refractivity contribution is -0.122. The summed E-state index contributed by atoms with van der Waals surface area (Å²) in [7, 11) is 0. The Bertz CT molecular complexity index is 549. The van der Waals surface area contributed by atoms with Gasteiger partial charge in [-0.15, -0.1) is 0 Å². The van der Waals surface area contributed by atoms with Gasteiger partial charge in [-0.05, 0) is 31.9 Å². The molecule has 0 spiro atoms. The van der Waals surface area contributed by atoms with Crippen LogP contribution in [-0.2, 0) is 4.79 Å². The van der Waals surface area contributed by atoms with E-state index in [2.05, 4.69) is 10.2 Å². The third-order valence-corrected chi connectivity index (χ3v) is 4.64. The van der Waals surface area contributed by atoms with E-state index in [0.29, 0.717) is 19.0 Å². The maximum atomic E-state index is 12.5. The van der Waals surface area contributed by atoms with Gasteiger partial charge < -0.3 is 10.2 Å². The van der Waals surface area contributed by atoms with Crippen LogP contribution in [0, 0.1) is 0 Å². The molecule has 1 aromatic rings. The van der Waals surface area contributed by atoms with Crippen molar-refractivity contribution >= 4 is 17.4 Å². The van der Waals surface area contributed by atoms with E-state index in [-0.39, 0.29) is 17.7 Å². The highest BCUT2D eigenvalue weighted by Crippen LogP contribution is 2.28. The van der Waals surface area contributed by atoms with E-state index in [0.717, 1.165) is 24.1 Å². The summed E-state index contributed by atoms with van der Waals surface area (Å²) < 4.78 is 0. The molecular weight excluding hydrogens is 264 g/mol. The number of para-hydroxylation sites is 1. The third kappa shape index (κ3) is 2.80. The number of benzene rings is 1. The molecule has 0 bridgehead atoms. The molecule has 1 amide bonds. The first-order valence-corrected chi connectivity index (χ1v) is 7.86. The van der Waals surface area contributed by atoms with E-state index in [1.807, 2.05) is 31.2 Å². The third-order valence-electron chi connectivity index (χ3n) is 4.64. The van der Waals surface area contributed by atoms with Crippen LogP contribution in [-0.4, -0.2) is 30.3 Å². The molecule has 1 aromatic carbocycles. The van der Waals surface area contributed by atoms with E-state index in [4.69, 9.17) is 0 Å². The summed E-state index contributed by atoms with van der Waals surface area (Å²) >= 11 is 0. The van der Waals surface area contributed by atoms with Crippen LogP contribution < -0.4 is 10.2 Å². The Morgan fingerprint density at radius 3 is 2.76 bits per heavy atom. The van der Waals surface area contributed by atoms with Gasteiger partial charge in [-0.2, -0.15) is 0 Å². The molecule has 4 nitrogen and oxygen atoms in total. The molecule has 3 rings (SSSR count). The molecule has 4 heteroatoms. The summed E-state index contributed by atoms with van der Waals surface area (Å²) in [6.45, 7) is 2.55. The van der Waals surface area contributed by atoms with E-state index >= 15 is 0 Å². The second kappa shape index (κ2) is 5.88. The first-order valence-electron chi connectivity index (χ1n) is 7.86. The summed E-state index contributed by atoms with van der Waals surface area (Å²) in [5.41, 5.74) is 1.63. The fourth-order valence-electron chi connectivity index (χ4n) is 3.37. The lowest BCUT2D eigenvalue weighted by Crippen LogP contribution is -2.50. The van der Waals surface area contributed by atoms with Crippen LogP contribution in [0.3, 0.4) is 0 Å². The van der Waals surface area contributed by atoms with Crippen LogP contribution in [0.1, 0.15) is 49.4 Å². The number of hydrogen-bond acceptors (Lipinski definition) is 3. The van der Waals surface area contributed by atoms with Crippen molar-refractivity contribution in [2.24, 2.45) is 0 Å². The monoisotopic (exact) mass is 286 g/mol. The Kier molecular flexibility index (Phi) is 3.95. The highest BCUT2D eigenvalue weighted by atomic mass is 16.2. The molecule has 1 unspecified atom stereocenters. The van der Waals surface area contributed by atoms with Crippen LogP contribution >= 0.6 is 0 Å². The van der Waals surface area contributed by atoms with Crippen molar-refractivity contribution in [3.05, 3.63) is 29.8 Å². The summed E-state index contributed by atoms with van der Waals surface area (Å²) in [5.74, 6) is 0.247. The van der Waals surface area contributed by atoms with Crippen LogP contribution in [0.5, 0.6) is 0 Å². The lowest BCUT2D eigenvalue weighted by atomic mass is 9.99. The van der Waals surface area contributed by atoms with Crippen molar-refractivity contribution in [3.8, 4) is 0 Å². The Balaban J connectivity index is 1.75. The van der Waals surface area contributed by atoms with Crippen molar-refractivity contribution in [1.82, 2.24) is 5.32 Å². The zero-order chi connectivity index (χ0) is 14.8. The lowest BCUT2D eigenvalue weighted by Gasteiger charge is -2.35. The number of nitrogens with zero attached hydrogens (tertiary/aromatic N) is 1. The number of rotatable bonds is 3. The molecule has 2 aliphatic rings. The number of nitrogens with one attached hydrogen (secondary N) is 1. The Hall–Kier alpha value is -1.84. The zero-order valence-corrected chi connectivity index (χ0v) is 12.5. The van der Waals surface area contributed by atoms with Crippen LogP contribution in [0.15, 0.2) is 24.3 Å².